The lowest BCUT2D eigenvalue weighted by Gasteiger charge is -2.46. The molecule has 1 aliphatic heterocycles. The Morgan fingerprint density at radius 3 is 2.95 bits per heavy atom. The van der Waals surface area contributed by atoms with Gasteiger partial charge < -0.3 is 15.2 Å². The van der Waals surface area contributed by atoms with Gasteiger partial charge in [-0.1, -0.05) is 15.9 Å². The van der Waals surface area contributed by atoms with Gasteiger partial charge in [-0.15, -0.1) is 0 Å². The molecule has 4 heteroatoms. The van der Waals surface area contributed by atoms with Crippen molar-refractivity contribution in [3.05, 3.63) is 28.2 Å². The number of benzene rings is 1. The second-order valence-corrected chi connectivity index (χ2v) is 7.41. The molecule has 2 atom stereocenters. The van der Waals surface area contributed by atoms with Crippen LogP contribution in [0.3, 0.4) is 0 Å². The van der Waals surface area contributed by atoms with Gasteiger partial charge in [0, 0.05) is 23.4 Å². The molecular weight excluding hydrogens is 330 g/mol. The lowest BCUT2D eigenvalue weighted by Crippen LogP contribution is -2.48. The fourth-order valence-electron chi connectivity index (χ4n) is 3.32. The van der Waals surface area contributed by atoms with Crippen LogP contribution < -0.4 is 10.5 Å². The molecule has 0 radical (unpaired) electrons. The predicted octanol–water partition coefficient (Wildman–Crippen LogP) is 3.82. The maximum atomic E-state index is 6.22. The summed E-state index contributed by atoms with van der Waals surface area (Å²) in [6.45, 7) is 2.85. The second-order valence-electron chi connectivity index (χ2n) is 6.55. The number of rotatable bonds is 4. The Labute approximate surface area is 135 Å². The number of hydrogen-bond acceptors (Lipinski definition) is 3. The molecule has 0 aromatic heterocycles. The summed E-state index contributed by atoms with van der Waals surface area (Å²) < 4.78 is 13.3. The monoisotopic (exact) mass is 353 g/mol. The molecule has 1 spiro atoms. The van der Waals surface area contributed by atoms with Gasteiger partial charge in [-0.3, -0.25) is 0 Å². The van der Waals surface area contributed by atoms with Crippen molar-refractivity contribution < 1.29 is 9.47 Å². The molecule has 2 N–H and O–H groups in total. The van der Waals surface area contributed by atoms with Gasteiger partial charge in [0.25, 0.3) is 0 Å². The van der Waals surface area contributed by atoms with Gasteiger partial charge in [0.05, 0.1) is 12.2 Å². The zero-order valence-corrected chi connectivity index (χ0v) is 14.2. The van der Waals surface area contributed by atoms with E-state index in [1.54, 1.807) is 0 Å². The zero-order chi connectivity index (χ0) is 14.9. The molecule has 1 saturated heterocycles. The molecule has 1 heterocycles. The Kier molecular flexibility index (Phi) is 4.57. The minimum absolute atomic E-state index is 0.132. The standard InChI is InChI=1S/C17H24BrNO2/c1-12(19)9-13-10-14(3-4-16(13)18)21-15-5-8-20-17(11-15)6-2-7-17/h3-4,10,12,15H,2,5-9,11,19H2,1H3. The molecule has 1 aromatic carbocycles. The number of hydrogen-bond donors (Lipinski definition) is 1. The molecule has 0 bridgehead atoms. The fraction of sp³-hybridized carbons (Fsp3) is 0.647. The molecule has 2 aliphatic rings. The maximum Gasteiger partial charge on any atom is 0.120 e. The van der Waals surface area contributed by atoms with Crippen LogP contribution in [0.15, 0.2) is 22.7 Å². The van der Waals surface area contributed by atoms with E-state index < -0.39 is 0 Å². The zero-order valence-electron chi connectivity index (χ0n) is 12.6. The first-order valence-electron chi connectivity index (χ1n) is 7.91. The SMILES string of the molecule is CC(N)Cc1cc(OC2CCOC3(CCC3)C2)ccc1Br. The van der Waals surface area contributed by atoms with Crippen LogP contribution in [-0.2, 0) is 11.2 Å². The Bertz CT molecular complexity index is 500. The largest absolute Gasteiger partial charge is 0.490 e. The van der Waals surface area contributed by atoms with E-state index in [-0.39, 0.29) is 17.7 Å². The summed E-state index contributed by atoms with van der Waals surface area (Å²) in [5.74, 6) is 0.954. The van der Waals surface area contributed by atoms with E-state index >= 15 is 0 Å². The van der Waals surface area contributed by atoms with E-state index in [0.717, 1.165) is 36.1 Å². The minimum atomic E-state index is 0.132. The fourth-order valence-corrected chi connectivity index (χ4v) is 3.73. The van der Waals surface area contributed by atoms with E-state index in [2.05, 4.69) is 28.1 Å². The Hall–Kier alpha value is -0.580. The van der Waals surface area contributed by atoms with Gasteiger partial charge in [0.2, 0.25) is 0 Å². The molecule has 2 fully saturated rings. The van der Waals surface area contributed by atoms with Crippen LogP contribution in [0.4, 0.5) is 0 Å². The van der Waals surface area contributed by atoms with Crippen molar-refractivity contribution in [3.63, 3.8) is 0 Å². The highest BCUT2D eigenvalue weighted by molar-refractivity contribution is 9.10. The van der Waals surface area contributed by atoms with Crippen molar-refractivity contribution in [2.45, 2.75) is 63.2 Å². The highest BCUT2D eigenvalue weighted by atomic mass is 79.9. The van der Waals surface area contributed by atoms with E-state index in [9.17, 15) is 0 Å². The molecule has 0 amide bonds. The lowest BCUT2D eigenvalue weighted by molar-refractivity contribution is -0.153. The van der Waals surface area contributed by atoms with Crippen LogP contribution in [0, 0.1) is 0 Å². The van der Waals surface area contributed by atoms with Gasteiger partial charge in [-0.05, 0) is 56.4 Å². The first-order chi connectivity index (χ1) is 10.1. The van der Waals surface area contributed by atoms with Crippen molar-refractivity contribution in [3.8, 4) is 5.75 Å². The Balaban J connectivity index is 1.66. The van der Waals surface area contributed by atoms with E-state index in [4.69, 9.17) is 15.2 Å². The van der Waals surface area contributed by atoms with Crippen molar-refractivity contribution in [2.24, 2.45) is 5.73 Å². The van der Waals surface area contributed by atoms with Gasteiger partial charge in [-0.2, -0.15) is 0 Å². The molecule has 21 heavy (non-hydrogen) atoms. The van der Waals surface area contributed by atoms with Crippen molar-refractivity contribution in [1.29, 1.82) is 0 Å². The maximum absolute atomic E-state index is 6.22. The molecule has 2 unspecified atom stereocenters. The quantitative estimate of drug-likeness (QED) is 0.894. The summed E-state index contributed by atoms with van der Waals surface area (Å²) in [4.78, 5) is 0. The van der Waals surface area contributed by atoms with E-state index in [1.807, 2.05) is 13.0 Å². The van der Waals surface area contributed by atoms with Crippen molar-refractivity contribution in [1.82, 2.24) is 0 Å². The summed E-state index contributed by atoms with van der Waals surface area (Å²) in [5.41, 5.74) is 7.26. The summed E-state index contributed by atoms with van der Waals surface area (Å²) in [6.07, 6.45) is 6.85. The van der Waals surface area contributed by atoms with Crippen LogP contribution in [0.25, 0.3) is 0 Å². The summed E-state index contributed by atoms with van der Waals surface area (Å²) in [6, 6.07) is 6.37. The van der Waals surface area contributed by atoms with Crippen LogP contribution in [0.5, 0.6) is 5.75 Å². The minimum Gasteiger partial charge on any atom is -0.490 e. The van der Waals surface area contributed by atoms with Crippen LogP contribution in [-0.4, -0.2) is 24.4 Å². The van der Waals surface area contributed by atoms with Crippen LogP contribution >= 0.6 is 15.9 Å². The number of ether oxygens (including phenoxy) is 2. The average molecular weight is 354 g/mol. The summed E-state index contributed by atoms with van der Waals surface area (Å²) in [5, 5.41) is 0. The third kappa shape index (κ3) is 3.61. The average Bonchev–Trinajstić information content (AvgIpc) is 2.41. The van der Waals surface area contributed by atoms with Gasteiger partial charge in [-0.25, -0.2) is 0 Å². The smallest absolute Gasteiger partial charge is 0.120 e. The third-order valence-corrected chi connectivity index (χ3v) is 5.35. The topological polar surface area (TPSA) is 44.5 Å². The first kappa shape index (κ1) is 15.3. The first-order valence-corrected chi connectivity index (χ1v) is 8.70. The molecule has 116 valence electrons. The molecule has 1 saturated carbocycles. The molecule has 1 aliphatic carbocycles. The molecule has 3 nitrogen and oxygen atoms in total. The highest BCUT2D eigenvalue weighted by Gasteiger charge is 2.43. The van der Waals surface area contributed by atoms with E-state index in [0.29, 0.717) is 0 Å². The van der Waals surface area contributed by atoms with Gasteiger partial charge in [0.1, 0.15) is 11.9 Å². The van der Waals surface area contributed by atoms with Gasteiger partial charge >= 0.3 is 0 Å². The molecule has 1 aromatic rings. The van der Waals surface area contributed by atoms with E-state index in [1.165, 1.54) is 24.8 Å². The Morgan fingerprint density at radius 1 is 1.48 bits per heavy atom. The van der Waals surface area contributed by atoms with Gasteiger partial charge in [0.15, 0.2) is 0 Å². The lowest BCUT2D eigenvalue weighted by atomic mass is 9.74. The van der Waals surface area contributed by atoms with Crippen LogP contribution in [0.1, 0.15) is 44.6 Å². The predicted molar refractivity (Wildman–Crippen MR) is 87.7 cm³/mol. The second kappa shape index (κ2) is 6.27. The molecular formula is C17H24BrNO2. The van der Waals surface area contributed by atoms with Crippen molar-refractivity contribution >= 4 is 15.9 Å². The third-order valence-electron chi connectivity index (χ3n) is 4.57. The number of nitrogens with two attached hydrogens (primary N) is 1. The number of halogens is 1. The van der Waals surface area contributed by atoms with Crippen LogP contribution in [0.2, 0.25) is 0 Å². The highest BCUT2D eigenvalue weighted by Crippen LogP contribution is 2.43. The van der Waals surface area contributed by atoms with Crippen molar-refractivity contribution in [2.75, 3.05) is 6.61 Å². The summed E-state index contributed by atoms with van der Waals surface area (Å²) in [7, 11) is 0. The Morgan fingerprint density at radius 2 is 2.29 bits per heavy atom. The summed E-state index contributed by atoms with van der Waals surface area (Å²) >= 11 is 3.59. The normalized spacial score (nSPS) is 25.4. The molecule has 3 rings (SSSR count).